The van der Waals surface area contributed by atoms with Crippen molar-refractivity contribution < 1.29 is 29.0 Å². The van der Waals surface area contributed by atoms with E-state index in [1.54, 1.807) is 0 Å². The molecule has 33 heavy (non-hydrogen) atoms. The summed E-state index contributed by atoms with van der Waals surface area (Å²) in [5.41, 5.74) is -0.255. The molecule has 4 aliphatic rings. The lowest BCUT2D eigenvalue weighted by Crippen LogP contribution is -2.62. The largest absolute Gasteiger partial charge is 0.469 e. The van der Waals surface area contributed by atoms with Crippen LogP contribution in [0.5, 0.6) is 0 Å². The predicted octanol–water partition coefficient (Wildman–Crippen LogP) is 4.32. The predicted molar refractivity (Wildman–Crippen MR) is 123 cm³/mol. The van der Waals surface area contributed by atoms with E-state index in [-0.39, 0.29) is 52.5 Å². The molecule has 4 fully saturated rings. The second kappa shape index (κ2) is 8.98. The van der Waals surface area contributed by atoms with E-state index < -0.39 is 6.10 Å². The van der Waals surface area contributed by atoms with E-state index in [0.29, 0.717) is 43.3 Å². The molecule has 2 unspecified atom stereocenters. The summed E-state index contributed by atoms with van der Waals surface area (Å²) in [6, 6.07) is 0. The first kappa shape index (κ1) is 24.7. The Morgan fingerprint density at radius 1 is 1.18 bits per heavy atom. The Labute approximate surface area is 198 Å². The van der Waals surface area contributed by atoms with Crippen LogP contribution in [0.25, 0.3) is 0 Å². The van der Waals surface area contributed by atoms with Gasteiger partial charge in [-0.1, -0.05) is 20.8 Å². The normalized spacial score (nSPS) is 45.4. The van der Waals surface area contributed by atoms with Gasteiger partial charge in [-0.15, -0.1) is 0 Å². The van der Waals surface area contributed by atoms with Crippen molar-refractivity contribution >= 4 is 17.7 Å². The van der Waals surface area contributed by atoms with Crippen LogP contribution in [0.3, 0.4) is 0 Å². The molecule has 4 rings (SSSR count). The molecule has 0 bridgehead atoms. The quantitative estimate of drug-likeness (QED) is 0.612. The number of hydrogen-bond acceptors (Lipinski definition) is 6. The number of aliphatic hydroxyl groups excluding tert-OH is 1. The lowest BCUT2D eigenvalue weighted by atomic mass is 9.43. The molecule has 0 aliphatic heterocycles. The topological polar surface area (TPSA) is 89.9 Å². The zero-order chi connectivity index (χ0) is 24.1. The zero-order valence-electron chi connectivity index (χ0n) is 21.0. The number of hydrogen-bond donors (Lipinski definition) is 1. The maximum Gasteiger partial charge on any atom is 0.305 e. The van der Waals surface area contributed by atoms with Crippen LogP contribution in [-0.4, -0.2) is 42.1 Å². The summed E-state index contributed by atoms with van der Waals surface area (Å²) in [5, 5.41) is 11.7. The molecule has 0 heterocycles. The van der Waals surface area contributed by atoms with Crippen molar-refractivity contribution in [2.75, 3.05) is 7.11 Å². The van der Waals surface area contributed by atoms with Crippen molar-refractivity contribution in [3.8, 4) is 0 Å². The van der Waals surface area contributed by atoms with Gasteiger partial charge in [-0.2, -0.15) is 0 Å². The standard InChI is InChI=1S/C27H42O6/c1-15(6-9-24(31)32-5)19-7-8-20-25-21(14-23(30)27(19,20)4)26(3)11-10-18(29)12-17(26)13-22(25)33-16(2)28/h15,17,19-23,25,30H,6-14H2,1-5H3/t15-,17+,19-,20+,21?,22-,23+,25?,26+,27-/m1/s1. The van der Waals surface area contributed by atoms with Gasteiger partial charge in [-0.3, -0.25) is 14.4 Å². The highest BCUT2D eigenvalue weighted by molar-refractivity contribution is 5.79. The number of fused-ring (bicyclic) bond motifs is 5. The maximum absolute atomic E-state index is 12.3. The van der Waals surface area contributed by atoms with Gasteiger partial charge in [-0.05, 0) is 78.9 Å². The summed E-state index contributed by atoms with van der Waals surface area (Å²) in [5.74, 6) is 1.47. The Kier molecular flexibility index (Phi) is 6.71. The van der Waals surface area contributed by atoms with Crippen LogP contribution in [0.15, 0.2) is 0 Å². The number of aliphatic hydroxyl groups is 1. The van der Waals surface area contributed by atoms with Gasteiger partial charge in [0.25, 0.3) is 0 Å². The van der Waals surface area contributed by atoms with Crippen LogP contribution in [0.2, 0.25) is 0 Å². The summed E-state index contributed by atoms with van der Waals surface area (Å²) in [7, 11) is 1.43. The molecule has 0 amide bonds. The van der Waals surface area contributed by atoms with Gasteiger partial charge in [0, 0.05) is 32.1 Å². The number of Topliss-reactive ketones (excluding diaryl/α,β-unsaturated/α-hetero) is 1. The van der Waals surface area contributed by atoms with E-state index in [2.05, 4.69) is 20.8 Å². The molecule has 6 heteroatoms. The van der Waals surface area contributed by atoms with E-state index in [0.717, 1.165) is 32.1 Å². The summed E-state index contributed by atoms with van der Waals surface area (Å²) in [6.45, 7) is 8.26. The minimum absolute atomic E-state index is 0.00607. The van der Waals surface area contributed by atoms with Crippen LogP contribution in [0, 0.1) is 46.3 Å². The van der Waals surface area contributed by atoms with Gasteiger partial charge in [0.15, 0.2) is 0 Å². The highest BCUT2D eigenvalue weighted by Gasteiger charge is 2.66. The average Bonchev–Trinajstić information content (AvgIpc) is 3.11. The van der Waals surface area contributed by atoms with Gasteiger partial charge in [0.2, 0.25) is 0 Å². The first-order chi connectivity index (χ1) is 15.5. The second-order valence-electron chi connectivity index (χ2n) is 12.0. The van der Waals surface area contributed by atoms with E-state index in [4.69, 9.17) is 9.47 Å². The van der Waals surface area contributed by atoms with Crippen LogP contribution < -0.4 is 0 Å². The van der Waals surface area contributed by atoms with Crippen molar-refractivity contribution in [3.63, 3.8) is 0 Å². The molecular weight excluding hydrogens is 420 g/mol. The first-order valence-corrected chi connectivity index (χ1v) is 13.0. The fourth-order valence-corrected chi connectivity index (χ4v) is 8.90. The van der Waals surface area contributed by atoms with Gasteiger partial charge in [-0.25, -0.2) is 0 Å². The molecule has 0 aromatic carbocycles. The molecule has 0 aromatic heterocycles. The maximum atomic E-state index is 12.3. The number of rotatable bonds is 5. The summed E-state index contributed by atoms with van der Waals surface area (Å²) in [6.07, 6.45) is 6.12. The minimum atomic E-state index is -0.428. The Bertz CT molecular complexity index is 793. The fraction of sp³-hybridized carbons (Fsp3) is 0.889. The third-order valence-electron chi connectivity index (χ3n) is 10.7. The third-order valence-corrected chi connectivity index (χ3v) is 10.7. The SMILES string of the molecule is COC(=O)CC[C@@H](C)[C@H]1CC[C@H]2C3C(C[C@H](O)[C@]12C)[C@@]1(C)CCC(=O)C[C@H]1C[C@H]3OC(C)=O. The number of ketones is 1. The highest BCUT2D eigenvalue weighted by atomic mass is 16.5. The van der Waals surface area contributed by atoms with Crippen molar-refractivity contribution in [1.82, 2.24) is 0 Å². The highest BCUT2D eigenvalue weighted by Crippen LogP contribution is 2.68. The zero-order valence-corrected chi connectivity index (χ0v) is 21.0. The Morgan fingerprint density at radius 2 is 1.91 bits per heavy atom. The van der Waals surface area contributed by atoms with Crippen LogP contribution >= 0.6 is 0 Å². The third kappa shape index (κ3) is 4.04. The first-order valence-electron chi connectivity index (χ1n) is 13.0. The smallest absolute Gasteiger partial charge is 0.305 e. The minimum Gasteiger partial charge on any atom is -0.469 e. The van der Waals surface area contributed by atoms with Gasteiger partial charge < -0.3 is 14.6 Å². The lowest BCUT2D eigenvalue weighted by molar-refractivity contribution is -0.211. The molecular formula is C27H42O6. The molecule has 4 saturated carbocycles. The lowest BCUT2D eigenvalue weighted by Gasteiger charge is -2.63. The van der Waals surface area contributed by atoms with Crippen molar-refractivity contribution in [2.24, 2.45) is 46.3 Å². The summed E-state index contributed by atoms with van der Waals surface area (Å²) >= 11 is 0. The Morgan fingerprint density at radius 3 is 2.58 bits per heavy atom. The fourth-order valence-electron chi connectivity index (χ4n) is 8.90. The van der Waals surface area contributed by atoms with Crippen LogP contribution in [0.1, 0.15) is 85.5 Å². The summed E-state index contributed by atoms with van der Waals surface area (Å²) in [4.78, 5) is 36.1. The molecule has 0 saturated heterocycles. The van der Waals surface area contributed by atoms with Gasteiger partial charge in [0.1, 0.15) is 11.9 Å². The van der Waals surface area contributed by atoms with Crippen molar-refractivity contribution in [2.45, 2.75) is 97.7 Å². The molecule has 0 radical (unpaired) electrons. The molecule has 0 spiro atoms. The number of methoxy groups -OCH3 is 1. The second-order valence-corrected chi connectivity index (χ2v) is 12.0. The van der Waals surface area contributed by atoms with E-state index in [1.807, 2.05) is 0 Å². The number of esters is 2. The monoisotopic (exact) mass is 462 g/mol. The molecule has 10 atom stereocenters. The van der Waals surface area contributed by atoms with E-state index >= 15 is 0 Å². The number of carbonyl (C=O) groups is 3. The molecule has 6 nitrogen and oxygen atoms in total. The van der Waals surface area contributed by atoms with E-state index in [9.17, 15) is 19.5 Å². The molecule has 1 N–H and O–H groups in total. The van der Waals surface area contributed by atoms with Crippen molar-refractivity contribution in [1.29, 1.82) is 0 Å². The van der Waals surface area contributed by atoms with Gasteiger partial charge in [0.05, 0.1) is 13.2 Å². The number of carbonyl (C=O) groups excluding carboxylic acids is 3. The average molecular weight is 463 g/mol. The van der Waals surface area contributed by atoms with E-state index in [1.165, 1.54) is 14.0 Å². The van der Waals surface area contributed by atoms with Crippen molar-refractivity contribution in [3.05, 3.63) is 0 Å². The van der Waals surface area contributed by atoms with Gasteiger partial charge >= 0.3 is 11.9 Å². The van der Waals surface area contributed by atoms with Crippen LogP contribution in [0.4, 0.5) is 0 Å². The molecule has 4 aliphatic carbocycles. The number of ether oxygens (including phenoxy) is 2. The molecule has 0 aromatic rings. The Balaban J connectivity index is 1.64. The van der Waals surface area contributed by atoms with Crippen LogP contribution in [-0.2, 0) is 23.9 Å². The molecule has 186 valence electrons. The Hall–Kier alpha value is -1.43. The summed E-state index contributed by atoms with van der Waals surface area (Å²) < 4.78 is 10.8.